The van der Waals surface area contributed by atoms with E-state index in [-0.39, 0.29) is 28.7 Å². The fraction of sp³-hybridized carbons (Fsp3) is 0.125. The molecule has 1 amide bonds. The van der Waals surface area contributed by atoms with Crippen molar-refractivity contribution in [1.82, 2.24) is 10.1 Å². The quantitative estimate of drug-likeness (QED) is 0.391. The number of rotatable bonds is 7. The number of carbonyl (C=O) groups excluding carboxylic acids is 1. The van der Waals surface area contributed by atoms with Crippen LogP contribution in [-0.2, 0) is 14.8 Å². The number of sulfonamides is 1. The summed E-state index contributed by atoms with van der Waals surface area (Å²) in [5, 5.41) is 14.8. The SMILES string of the molecule is O=C(CNS(=O)(=O)c1ccccc1)NN=Cc1cc2c(cc1[N+](=O)[O-])OCO2. The Bertz CT molecular complexity index is 1040. The summed E-state index contributed by atoms with van der Waals surface area (Å²) in [7, 11) is -3.84. The number of carbonyl (C=O) groups is 1. The molecule has 1 heterocycles. The van der Waals surface area contributed by atoms with Crippen LogP contribution < -0.4 is 19.6 Å². The molecular weight excluding hydrogens is 392 g/mol. The van der Waals surface area contributed by atoms with Gasteiger partial charge >= 0.3 is 0 Å². The van der Waals surface area contributed by atoms with Crippen LogP contribution in [0.5, 0.6) is 11.5 Å². The van der Waals surface area contributed by atoms with Crippen molar-refractivity contribution in [3.8, 4) is 11.5 Å². The van der Waals surface area contributed by atoms with Crippen molar-refractivity contribution in [2.75, 3.05) is 13.3 Å². The second kappa shape index (κ2) is 8.02. The van der Waals surface area contributed by atoms with Gasteiger partial charge in [-0.15, -0.1) is 0 Å². The highest BCUT2D eigenvalue weighted by molar-refractivity contribution is 7.89. The lowest BCUT2D eigenvalue weighted by Crippen LogP contribution is -2.34. The molecular formula is C16H14N4O7S. The number of nitrogens with one attached hydrogen (secondary N) is 2. The largest absolute Gasteiger partial charge is 0.454 e. The standard InChI is InChI=1S/C16H14N4O7S/c21-16(9-18-28(24,25)12-4-2-1-3-5-12)19-17-8-11-6-14-15(27-10-26-14)7-13(11)20(22)23/h1-8,18H,9-10H2,(H,19,21). The second-order valence-corrected chi connectivity index (χ2v) is 7.22. The highest BCUT2D eigenvalue weighted by atomic mass is 32.2. The van der Waals surface area contributed by atoms with Crippen LogP contribution in [-0.4, -0.2) is 38.8 Å². The third-order valence-corrected chi connectivity index (χ3v) is 5.00. The van der Waals surface area contributed by atoms with Crippen LogP contribution in [0.1, 0.15) is 5.56 Å². The maximum atomic E-state index is 12.0. The van der Waals surface area contributed by atoms with Crippen molar-refractivity contribution in [1.29, 1.82) is 0 Å². The van der Waals surface area contributed by atoms with Crippen molar-refractivity contribution in [2.24, 2.45) is 5.10 Å². The van der Waals surface area contributed by atoms with E-state index in [1.165, 1.54) is 24.3 Å². The first kappa shape index (κ1) is 19.3. The minimum absolute atomic E-state index is 0.0160. The van der Waals surface area contributed by atoms with Crippen LogP contribution in [0, 0.1) is 10.1 Å². The zero-order valence-electron chi connectivity index (χ0n) is 14.2. The molecule has 11 nitrogen and oxygen atoms in total. The lowest BCUT2D eigenvalue weighted by Gasteiger charge is -2.05. The number of benzene rings is 2. The minimum Gasteiger partial charge on any atom is -0.454 e. The fourth-order valence-electron chi connectivity index (χ4n) is 2.27. The van der Waals surface area contributed by atoms with E-state index in [4.69, 9.17) is 9.47 Å². The van der Waals surface area contributed by atoms with Crippen molar-refractivity contribution >= 4 is 27.8 Å². The number of amides is 1. The van der Waals surface area contributed by atoms with Gasteiger partial charge in [0.25, 0.3) is 11.6 Å². The van der Waals surface area contributed by atoms with Gasteiger partial charge in [-0.25, -0.2) is 18.6 Å². The summed E-state index contributed by atoms with van der Waals surface area (Å²) in [5.41, 5.74) is 1.90. The van der Waals surface area contributed by atoms with Gasteiger partial charge in [-0.2, -0.15) is 5.10 Å². The molecule has 2 aromatic rings. The van der Waals surface area contributed by atoms with Crippen LogP contribution in [0.15, 0.2) is 52.5 Å². The van der Waals surface area contributed by atoms with Crippen molar-refractivity contribution < 1.29 is 27.6 Å². The average molecular weight is 406 g/mol. The molecule has 0 bridgehead atoms. The summed E-state index contributed by atoms with van der Waals surface area (Å²) in [5.74, 6) is -0.198. The highest BCUT2D eigenvalue weighted by Crippen LogP contribution is 2.37. The van der Waals surface area contributed by atoms with Gasteiger partial charge in [-0.05, 0) is 18.2 Å². The number of hydrazone groups is 1. The first-order chi connectivity index (χ1) is 13.4. The number of fused-ring (bicyclic) bond motifs is 1. The molecule has 0 aromatic heterocycles. The van der Waals surface area contributed by atoms with E-state index in [9.17, 15) is 23.3 Å². The predicted octanol–water partition coefficient (Wildman–Crippen LogP) is 0.752. The molecule has 28 heavy (non-hydrogen) atoms. The zero-order valence-corrected chi connectivity index (χ0v) is 15.0. The number of hydrogen-bond acceptors (Lipinski definition) is 8. The molecule has 0 spiro atoms. The third-order valence-electron chi connectivity index (χ3n) is 3.59. The monoisotopic (exact) mass is 406 g/mol. The third kappa shape index (κ3) is 4.42. The topological polar surface area (TPSA) is 149 Å². The number of nitrogens with zero attached hydrogens (tertiary/aromatic N) is 2. The molecule has 0 fully saturated rings. The van der Waals surface area contributed by atoms with Gasteiger partial charge in [-0.1, -0.05) is 18.2 Å². The highest BCUT2D eigenvalue weighted by Gasteiger charge is 2.22. The maximum absolute atomic E-state index is 12.0. The molecule has 0 saturated carbocycles. The molecule has 3 rings (SSSR count). The van der Waals surface area contributed by atoms with E-state index in [2.05, 4.69) is 15.2 Å². The van der Waals surface area contributed by atoms with E-state index in [0.29, 0.717) is 5.75 Å². The number of nitro benzene ring substituents is 1. The minimum atomic E-state index is -3.84. The van der Waals surface area contributed by atoms with Gasteiger partial charge < -0.3 is 9.47 Å². The van der Waals surface area contributed by atoms with E-state index in [1.54, 1.807) is 18.2 Å². The molecule has 2 N–H and O–H groups in total. The Kier molecular flexibility index (Phi) is 5.52. The molecule has 146 valence electrons. The fourth-order valence-corrected chi connectivity index (χ4v) is 3.27. The Morgan fingerprint density at radius 1 is 1.21 bits per heavy atom. The van der Waals surface area contributed by atoms with Crippen LogP contribution >= 0.6 is 0 Å². The Labute approximate surface area is 159 Å². The van der Waals surface area contributed by atoms with Crippen molar-refractivity contribution in [2.45, 2.75) is 4.90 Å². The molecule has 0 radical (unpaired) electrons. The first-order valence-electron chi connectivity index (χ1n) is 7.81. The van der Waals surface area contributed by atoms with E-state index < -0.39 is 27.4 Å². The Balaban J connectivity index is 1.62. The van der Waals surface area contributed by atoms with Gasteiger partial charge in [-0.3, -0.25) is 14.9 Å². The predicted molar refractivity (Wildman–Crippen MR) is 96.6 cm³/mol. The zero-order chi connectivity index (χ0) is 20.1. The Hall–Kier alpha value is -3.51. The normalized spacial score (nSPS) is 12.9. The van der Waals surface area contributed by atoms with E-state index in [0.717, 1.165) is 6.21 Å². The summed E-state index contributed by atoms with van der Waals surface area (Å²) in [6.45, 7) is -0.608. The Morgan fingerprint density at radius 3 is 2.57 bits per heavy atom. The van der Waals surface area contributed by atoms with Gasteiger partial charge in [0.1, 0.15) is 0 Å². The van der Waals surface area contributed by atoms with E-state index in [1.807, 2.05) is 0 Å². The molecule has 0 aliphatic carbocycles. The van der Waals surface area contributed by atoms with Crippen LogP contribution in [0.4, 0.5) is 5.69 Å². The summed E-state index contributed by atoms with van der Waals surface area (Å²) in [6, 6.07) is 10.1. The number of hydrogen-bond donors (Lipinski definition) is 2. The molecule has 0 unspecified atom stereocenters. The summed E-state index contributed by atoms with van der Waals surface area (Å²) in [4.78, 5) is 22.3. The van der Waals surface area contributed by atoms with Crippen LogP contribution in [0.25, 0.3) is 0 Å². The average Bonchev–Trinajstić information content (AvgIpc) is 3.14. The van der Waals surface area contributed by atoms with Gasteiger partial charge in [0.15, 0.2) is 11.5 Å². The number of ether oxygens (including phenoxy) is 2. The van der Waals surface area contributed by atoms with Crippen molar-refractivity contribution in [3.05, 3.63) is 58.1 Å². The summed E-state index contributed by atoms with van der Waals surface area (Å²) >= 11 is 0. The smallest absolute Gasteiger partial charge is 0.282 e. The summed E-state index contributed by atoms with van der Waals surface area (Å²) < 4.78 is 36.4. The van der Waals surface area contributed by atoms with Crippen LogP contribution in [0.2, 0.25) is 0 Å². The molecule has 0 saturated heterocycles. The molecule has 2 aromatic carbocycles. The number of nitro groups is 1. The van der Waals surface area contributed by atoms with Crippen LogP contribution in [0.3, 0.4) is 0 Å². The Morgan fingerprint density at radius 2 is 1.89 bits per heavy atom. The van der Waals surface area contributed by atoms with Gasteiger partial charge in [0.05, 0.1) is 34.2 Å². The van der Waals surface area contributed by atoms with Gasteiger partial charge in [0, 0.05) is 0 Å². The molecule has 1 aliphatic heterocycles. The first-order valence-corrected chi connectivity index (χ1v) is 9.30. The lowest BCUT2D eigenvalue weighted by atomic mass is 10.1. The lowest BCUT2D eigenvalue weighted by molar-refractivity contribution is -0.385. The molecule has 12 heteroatoms. The summed E-state index contributed by atoms with van der Waals surface area (Å²) in [6.07, 6.45) is 1.06. The van der Waals surface area contributed by atoms with Gasteiger partial charge in [0.2, 0.25) is 16.8 Å². The maximum Gasteiger partial charge on any atom is 0.282 e. The molecule has 1 aliphatic rings. The van der Waals surface area contributed by atoms with E-state index >= 15 is 0 Å². The molecule has 0 atom stereocenters. The second-order valence-electron chi connectivity index (χ2n) is 5.45. The van der Waals surface area contributed by atoms with Crippen molar-refractivity contribution in [3.63, 3.8) is 0 Å².